The van der Waals surface area contributed by atoms with E-state index in [4.69, 9.17) is 16.3 Å². The summed E-state index contributed by atoms with van der Waals surface area (Å²) in [5.41, 5.74) is 0. The standard InChI is InChI=1S/C22H22ClN3O4S/c23-19-14-24-13-16-5-4-8-20(22(16)19)31(28,29)26-11-9-17(15-26)25-21(27)10-12-30-18-6-2-1-3-7-18/h1-8,13-14,17H,9-12,15H2,(H,25,27)/t17-/m0/s1. The lowest BCUT2D eigenvalue weighted by Gasteiger charge is -2.19. The third kappa shape index (κ3) is 4.81. The molecule has 1 aliphatic heterocycles. The fourth-order valence-electron chi connectivity index (χ4n) is 3.66. The minimum atomic E-state index is -3.76. The van der Waals surface area contributed by atoms with Crippen molar-refractivity contribution in [2.75, 3.05) is 19.7 Å². The van der Waals surface area contributed by atoms with Crippen LogP contribution in [0.5, 0.6) is 5.75 Å². The van der Waals surface area contributed by atoms with Crippen LogP contribution in [0.1, 0.15) is 12.8 Å². The van der Waals surface area contributed by atoms with E-state index in [1.165, 1.54) is 10.5 Å². The highest BCUT2D eigenvalue weighted by Gasteiger charge is 2.34. The first kappa shape index (κ1) is 21.5. The Morgan fingerprint density at radius 1 is 1.16 bits per heavy atom. The van der Waals surface area contributed by atoms with E-state index in [-0.39, 0.29) is 36.4 Å². The Hall–Kier alpha value is -2.68. The zero-order chi connectivity index (χ0) is 21.8. The van der Waals surface area contributed by atoms with Gasteiger partial charge in [-0.3, -0.25) is 9.78 Å². The van der Waals surface area contributed by atoms with Gasteiger partial charge >= 0.3 is 0 Å². The van der Waals surface area contributed by atoms with Crippen LogP contribution in [0.2, 0.25) is 5.02 Å². The molecule has 0 saturated carbocycles. The smallest absolute Gasteiger partial charge is 0.243 e. The third-order valence-electron chi connectivity index (χ3n) is 5.17. The number of carbonyl (C=O) groups is 1. The van der Waals surface area contributed by atoms with Crippen molar-refractivity contribution in [2.45, 2.75) is 23.8 Å². The van der Waals surface area contributed by atoms with Crippen LogP contribution in [0.3, 0.4) is 0 Å². The van der Waals surface area contributed by atoms with Crippen LogP contribution in [0.15, 0.2) is 65.8 Å². The van der Waals surface area contributed by atoms with Crippen molar-refractivity contribution in [1.29, 1.82) is 0 Å². The highest BCUT2D eigenvalue weighted by atomic mass is 35.5. The molecule has 1 aliphatic rings. The summed E-state index contributed by atoms with van der Waals surface area (Å²) in [6, 6.07) is 14.0. The number of halogens is 1. The van der Waals surface area contributed by atoms with Crippen molar-refractivity contribution in [2.24, 2.45) is 0 Å². The maximum absolute atomic E-state index is 13.3. The van der Waals surface area contributed by atoms with Gasteiger partial charge in [0.05, 0.1) is 22.9 Å². The maximum atomic E-state index is 13.3. The molecule has 1 fully saturated rings. The van der Waals surface area contributed by atoms with E-state index in [1.807, 2.05) is 30.3 Å². The molecular formula is C22H22ClN3O4S. The van der Waals surface area contributed by atoms with Crippen molar-refractivity contribution in [1.82, 2.24) is 14.6 Å². The molecular weight excluding hydrogens is 438 g/mol. The Morgan fingerprint density at radius 3 is 2.77 bits per heavy atom. The fourth-order valence-corrected chi connectivity index (χ4v) is 5.72. The van der Waals surface area contributed by atoms with Gasteiger partial charge in [-0.1, -0.05) is 41.9 Å². The largest absolute Gasteiger partial charge is 0.493 e. The molecule has 1 atom stereocenters. The molecule has 2 heterocycles. The second kappa shape index (κ2) is 9.21. The van der Waals surface area contributed by atoms with Gasteiger partial charge in [0, 0.05) is 42.3 Å². The SMILES string of the molecule is O=C(CCOc1ccccc1)N[C@H]1CCN(S(=O)(=O)c2cccc3cncc(Cl)c23)C1. The minimum absolute atomic E-state index is 0.153. The van der Waals surface area contributed by atoms with Crippen molar-refractivity contribution in [3.63, 3.8) is 0 Å². The monoisotopic (exact) mass is 459 g/mol. The van der Waals surface area contributed by atoms with Gasteiger partial charge in [-0.2, -0.15) is 4.31 Å². The van der Waals surface area contributed by atoms with E-state index in [0.717, 1.165) is 0 Å². The van der Waals surface area contributed by atoms with Gasteiger partial charge in [0.15, 0.2) is 0 Å². The zero-order valence-corrected chi connectivity index (χ0v) is 18.3. The van der Waals surface area contributed by atoms with Gasteiger partial charge in [0.2, 0.25) is 15.9 Å². The second-order valence-electron chi connectivity index (χ2n) is 7.30. The average molecular weight is 460 g/mol. The molecule has 31 heavy (non-hydrogen) atoms. The van der Waals surface area contributed by atoms with Crippen molar-refractivity contribution >= 4 is 38.3 Å². The molecule has 0 spiro atoms. The number of hydrogen-bond acceptors (Lipinski definition) is 5. The Balaban J connectivity index is 1.38. The Kier molecular flexibility index (Phi) is 6.41. The molecule has 4 rings (SSSR count). The lowest BCUT2D eigenvalue weighted by atomic mass is 10.2. The van der Waals surface area contributed by atoms with E-state index in [0.29, 0.717) is 34.5 Å². The van der Waals surface area contributed by atoms with Crippen LogP contribution in [0.4, 0.5) is 0 Å². The average Bonchev–Trinajstić information content (AvgIpc) is 3.23. The Bertz CT molecular complexity index is 1180. The van der Waals surface area contributed by atoms with Crippen molar-refractivity contribution < 1.29 is 17.9 Å². The van der Waals surface area contributed by atoms with Gasteiger partial charge in [0.25, 0.3) is 0 Å². The molecule has 0 unspecified atom stereocenters. The van der Waals surface area contributed by atoms with E-state index >= 15 is 0 Å². The summed E-state index contributed by atoms with van der Waals surface area (Å²) in [5, 5.41) is 4.32. The molecule has 2 aromatic carbocycles. The van der Waals surface area contributed by atoms with Crippen LogP contribution in [0.25, 0.3) is 10.8 Å². The highest BCUT2D eigenvalue weighted by Crippen LogP contribution is 2.32. The molecule has 0 radical (unpaired) electrons. The number of benzene rings is 2. The van der Waals surface area contributed by atoms with Crippen molar-refractivity contribution in [3.8, 4) is 5.75 Å². The van der Waals surface area contributed by atoms with E-state index in [2.05, 4.69) is 10.3 Å². The number of pyridine rings is 1. The topological polar surface area (TPSA) is 88.6 Å². The number of hydrogen-bond donors (Lipinski definition) is 1. The summed E-state index contributed by atoms with van der Waals surface area (Å²) < 4.78 is 33.5. The lowest BCUT2D eigenvalue weighted by molar-refractivity contribution is -0.122. The molecule has 0 aliphatic carbocycles. The molecule has 1 saturated heterocycles. The minimum Gasteiger partial charge on any atom is -0.493 e. The molecule has 1 amide bonds. The molecule has 7 nitrogen and oxygen atoms in total. The predicted molar refractivity (Wildman–Crippen MR) is 119 cm³/mol. The molecule has 162 valence electrons. The summed E-state index contributed by atoms with van der Waals surface area (Å²) >= 11 is 6.25. The fraction of sp³-hybridized carbons (Fsp3) is 0.273. The van der Waals surface area contributed by atoms with Crippen LogP contribution in [0, 0.1) is 0 Å². The Labute approximate surface area is 186 Å². The second-order valence-corrected chi connectivity index (χ2v) is 9.62. The van der Waals surface area contributed by atoms with E-state index in [1.54, 1.807) is 24.4 Å². The Morgan fingerprint density at radius 2 is 1.97 bits per heavy atom. The van der Waals surface area contributed by atoms with E-state index < -0.39 is 10.0 Å². The molecule has 9 heteroatoms. The van der Waals surface area contributed by atoms with Gasteiger partial charge < -0.3 is 10.1 Å². The predicted octanol–water partition coefficient (Wildman–Crippen LogP) is 3.24. The number of amides is 1. The first-order chi connectivity index (χ1) is 14.9. The number of para-hydroxylation sites is 1. The number of rotatable bonds is 7. The summed E-state index contributed by atoms with van der Waals surface area (Å²) in [4.78, 5) is 16.4. The number of nitrogens with zero attached hydrogens (tertiary/aromatic N) is 2. The van der Waals surface area contributed by atoms with Crippen molar-refractivity contribution in [3.05, 3.63) is 65.9 Å². The third-order valence-corrected chi connectivity index (χ3v) is 7.37. The van der Waals surface area contributed by atoms with Crippen LogP contribution >= 0.6 is 11.6 Å². The molecule has 0 bridgehead atoms. The summed E-state index contributed by atoms with van der Waals surface area (Å²) in [6.45, 7) is 0.798. The summed E-state index contributed by atoms with van der Waals surface area (Å²) in [7, 11) is -3.76. The van der Waals surface area contributed by atoms with Crippen LogP contribution in [-0.2, 0) is 14.8 Å². The normalized spacial score (nSPS) is 17.0. The summed E-state index contributed by atoms with van der Waals surface area (Å²) in [6.07, 6.45) is 3.77. The molecule has 3 aromatic rings. The first-order valence-corrected chi connectivity index (χ1v) is 11.8. The first-order valence-electron chi connectivity index (χ1n) is 9.95. The number of ether oxygens (including phenoxy) is 1. The number of sulfonamides is 1. The highest BCUT2D eigenvalue weighted by molar-refractivity contribution is 7.89. The van der Waals surface area contributed by atoms with Gasteiger partial charge in [-0.15, -0.1) is 0 Å². The van der Waals surface area contributed by atoms with Crippen LogP contribution < -0.4 is 10.1 Å². The molecule has 1 aromatic heterocycles. The van der Waals surface area contributed by atoms with Gasteiger partial charge in [0.1, 0.15) is 5.75 Å². The zero-order valence-electron chi connectivity index (χ0n) is 16.7. The van der Waals surface area contributed by atoms with Crippen LogP contribution in [-0.4, -0.2) is 49.4 Å². The number of nitrogens with one attached hydrogen (secondary N) is 1. The van der Waals surface area contributed by atoms with E-state index in [9.17, 15) is 13.2 Å². The maximum Gasteiger partial charge on any atom is 0.243 e. The van der Waals surface area contributed by atoms with Gasteiger partial charge in [-0.25, -0.2) is 8.42 Å². The van der Waals surface area contributed by atoms with Gasteiger partial charge in [-0.05, 0) is 24.6 Å². The quantitative estimate of drug-likeness (QED) is 0.586. The lowest BCUT2D eigenvalue weighted by Crippen LogP contribution is -2.39. The number of aromatic nitrogens is 1. The number of carbonyl (C=O) groups excluding carboxylic acids is 1. The molecule has 1 N–H and O–H groups in total. The number of fused-ring (bicyclic) bond motifs is 1. The summed E-state index contributed by atoms with van der Waals surface area (Å²) in [5.74, 6) is 0.539.